The van der Waals surface area contributed by atoms with Gasteiger partial charge in [0.15, 0.2) is 11.5 Å². The molecule has 0 fully saturated rings. The van der Waals surface area contributed by atoms with Gasteiger partial charge in [-0.05, 0) is 30.7 Å². The lowest BCUT2D eigenvalue weighted by Crippen LogP contribution is -2.37. The predicted octanol–water partition coefficient (Wildman–Crippen LogP) is 2.72. The van der Waals surface area contributed by atoms with Gasteiger partial charge in [0.1, 0.15) is 6.54 Å². The average Bonchev–Trinajstić information content (AvgIpc) is 2.85. The Morgan fingerprint density at radius 3 is 2.48 bits per heavy atom. The first-order chi connectivity index (χ1) is 12.5. The number of carbonyl (C=O) groups is 1. The number of nitrogens with one attached hydrogen (secondary N) is 1. The number of halogens is 2. The van der Waals surface area contributed by atoms with Crippen molar-refractivity contribution in [3.63, 3.8) is 0 Å². The minimum Gasteiger partial charge on any atom is -0.395 e. The zero-order chi connectivity index (χ0) is 19.8. The number of carbonyl (C=O) groups excluding carboxylic acids is 1. The number of fused-ring (bicyclic) bond motifs is 1. The van der Waals surface area contributed by atoms with Gasteiger partial charge in [-0.2, -0.15) is 0 Å². The Morgan fingerprint density at radius 1 is 1.15 bits per heavy atom. The number of para-hydroxylation sites is 1. The largest absolute Gasteiger partial charge is 0.586 e. The van der Waals surface area contributed by atoms with Crippen LogP contribution in [0.15, 0.2) is 42.5 Å². The number of aryl methyl sites for hydroxylation is 1. The Morgan fingerprint density at radius 2 is 1.81 bits per heavy atom. The Balaban J connectivity index is 1.77. The monoisotopic (exact) mass is 398 g/mol. The summed E-state index contributed by atoms with van der Waals surface area (Å²) < 4.78 is 59.9. The highest BCUT2D eigenvalue weighted by atomic mass is 32.2. The normalized spacial score (nSPS) is 14.7. The number of benzene rings is 2. The third kappa shape index (κ3) is 4.27. The maximum absolute atomic E-state index is 13.1. The SMILES string of the molecule is Cc1ccccc1N(CC(=O)Nc1ccc2c(c1)OC(F)(F)O2)S(C)(=O)=O. The van der Waals surface area contributed by atoms with Crippen LogP contribution in [0.5, 0.6) is 11.5 Å². The molecular weight excluding hydrogens is 382 g/mol. The molecule has 0 aromatic heterocycles. The molecule has 1 N–H and O–H groups in total. The molecule has 0 bridgehead atoms. The van der Waals surface area contributed by atoms with E-state index in [1.165, 1.54) is 18.2 Å². The zero-order valence-electron chi connectivity index (χ0n) is 14.4. The van der Waals surface area contributed by atoms with Gasteiger partial charge in [-0.1, -0.05) is 18.2 Å². The van der Waals surface area contributed by atoms with Gasteiger partial charge in [-0.3, -0.25) is 9.10 Å². The van der Waals surface area contributed by atoms with Gasteiger partial charge < -0.3 is 14.8 Å². The number of anilines is 2. The van der Waals surface area contributed by atoms with Gasteiger partial charge in [0, 0.05) is 11.8 Å². The summed E-state index contributed by atoms with van der Waals surface area (Å²) in [4.78, 5) is 12.3. The number of alkyl halides is 2. The topological polar surface area (TPSA) is 84.9 Å². The van der Waals surface area contributed by atoms with Crippen LogP contribution in [-0.2, 0) is 14.8 Å². The standard InChI is InChI=1S/C17H16F2N2O5S/c1-11-5-3-4-6-13(11)21(27(2,23)24)10-16(22)20-12-7-8-14-15(9-12)26-17(18,19)25-14/h3-9H,10H2,1-2H3,(H,20,22). The first kappa shape index (κ1) is 18.9. The Kier molecular flexibility index (Phi) is 4.68. The second-order valence-corrected chi connectivity index (χ2v) is 7.84. The van der Waals surface area contributed by atoms with Crippen molar-refractivity contribution in [1.29, 1.82) is 0 Å². The lowest BCUT2D eigenvalue weighted by Gasteiger charge is -2.23. The number of amides is 1. The van der Waals surface area contributed by atoms with Crippen LogP contribution in [0.4, 0.5) is 20.2 Å². The second kappa shape index (κ2) is 6.69. The number of ether oxygens (including phenoxy) is 2. The lowest BCUT2D eigenvalue weighted by atomic mass is 10.2. The molecule has 0 aliphatic carbocycles. The molecule has 27 heavy (non-hydrogen) atoms. The van der Waals surface area contributed by atoms with Crippen LogP contribution in [0, 0.1) is 6.92 Å². The Bertz CT molecular complexity index is 995. The molecule has 0 saturated carbocycles. The van der Waals surface area contributed by atoms with Crippen molar-refractivity contribution in [2.75, 3.05) is 22.4 Å². The van der Waals surface area contributed by atoms with E-state index in [-0.39, 0.29) is 17.2 Å². The molecule has 144 valence electrons. The molecule has 1 aliphatic rings. The molecule has 1 heterocycles. The molecular formula is C17H16F2N2O5S. The van der Waals surface area contributed by atoms with Crippen LogP contribution in [0.1, 0.15) is 5.56 Å². The van der Waals surface area contributed by atoms with Gasteiger partial charge >= 0.3 is 6.29 Å². The number of sulfonamides is 1. The van der Waals surface area contributed by atoms with Gasteiger partial charge in [0.25, 0.3) is 0 Å². The summed E-state index contributed by atoms with van der Waals surface area (Å²) in [6.07, 6.45) is -2.77. The van der Waals surface area contributed by atoms with Crippen molar-refractivity contribution in [2.24, 2.45) is 0 Å². The second-order valence-electron chi connectivity index (χ2n) is 5.93. The molecule has 1 amide bonds. The summed E-state index contributed by atoms with van der Waals surface area (Å²) in [5.74, 6) is -1.03. The van der Waals surface area contributed by atoms with Crippen LogP contribution in [0.2, 0.25) is 0 Å². The van der Waals surface area contributed by atoms with E-state index in [4.69, 9.17) is 0 Å². The minimum absolute atomic E-state index is 0.157. The molecule has 0 spiro atoms. The van der Waals surface area contributed by atoms with Crippen LogP contribution >= 0.6 is 0 Å². The summed E-state index contributed by atoms with van der Waals surface area (Å²) in [5.41, 5.74) is 1.22. The van der Waals surface area contributed by atoms with Crippen molar-refractivity contribution < 1.29 is 31.5 Å². The van der Waals surface area contributed by atoms with Crippen molar-refractivity contribution in [2.45, 2.75) is 13.2 Å². The summed E-state index contributed by atoms with van der Waals surface area (Å²) >= 11 is 0. The van der Waals surface area contributed by atoms with Gasteiger partial charge in [-0.15, -0.1) is 8.78 Å². The highest BCUT2D eigenvalue weighted by molar-refractivity contribution is 7.92. The van der Waals surface area contributed by atoms with Gasteiger partial charge in [0.2, 0.25) is 15.9 Å². The van der Waals surface area contributed by atoms with E-state index in [9.17, 15) is 22.0 Å². The molecule has 2 aromatic carbocycles. The first-order valence-electron chi connectivity index (χ1n) is 7.78. The van der Waals surface area contributed by atoms with Crippen molar-refractivity contribution >= 4 is 27.3 Å². The zero-order valence-corrected chi connectivity index (χ0v) is 15.2. The van der Waals surface area contributed by atoms with Crippen LogP contribution in [0.3, 0.4) is 0 Å². The molecule has 0 radical (unpaired) electrons. The van der Waals surface area contributed by atoms with Crippen LogP contribution in [-0.4, -0.2) is 33.4 Å². The molecule has 0 atom stereocenters. The van der Waals surface area contributed by atoms with Crippen LogP contribution < -0.4 is 19.1 Å². The van der Waals surface area contributed by atoms with E-state index in [1.807, 2.05) is 0 Å². The summed E-state index contributed by atoms with van der Waals surface area (Å²) in [6, 6.07) is 10.5. The van der Waals surface area contributed by atoms with Crippen molar-refractivity contribution in [1.82, 2.24) is 0 Å². The molecule has 2 aromatic rings. The number of nitrogens with zero attached hydrogens (tertiary/aromatic N) is 1. The number of rotatable bonds is 5. The molecule has 10 heteroatoms. The van der Waals surface area contributed by atoms with Gasteiger partial charge in [0.05, 0.1) is 11.9 Å². The van der Waals surface area contributed by atoms with E-state index in [1.54, 1.807) is 31.2 Å². The molecule has 7 nitrogen and oxygen atoms in total. The average molecular weight is 398 g/mol. The maximum Gasteiger partial charge on any atom is 0.586 e. The highest BCUT2D eigenvalue weighted by Crippen LogP contribution is 2.42. The summed E-state index contributed by atoms with van der Waals surface area (Å²) in [6.45, 7) is 1.25. The molecule has 0 saturated heterocycles. The number of hydrogen-bond donors (Lipinski definition) is 1. The number of hydrogen-bond acceptors (Lipinski definition) is 5. The van der Waals surface area contributed by atoms with Crippen molar-refractivity contribution in [3.8, 4) is 11.5 Å². The summed E-state index contributed by atoms with van der Waals surface area (Å²) in [7, 11) is -3.72. The highest BCUT2D eigenvalue weighted by Gasteiger charge is 2.43. The Labute approximate surface area is 154 Å². The fourth-order valence-corrected chi connectivity index (χ4v) is 3.50. The van der Waals surface area contributed by atoms with Crippen LogP contribution in [0.25, 0.3) is 0 Å². The predicted molar refractivity (Wildman–Crippen MR) is 94.6 cm³/mol. The third-order valence-corrected chi connectivity index (χ3v) is 4.88. The van der Waals surface area contributed by atoms with E-state index in [0.717, 1.165) is 10.6 Å². The smallest absolute Gasteiger partial charge is 0.395 e. The third-order valence-electron chi connectivity index (χ3n) is 3.76. The van der Waals surface area contributed by atoms with Gasteiger partial charge in [-0.25, -0.2) is 8.42 Å². The maximum atomic E-state index is 13.1. The van der Waals surface area contributed by atoms with E-state index >= 15 is 0 Å². The quantitative estimate of drug-likeness (QED) is 0.837. The lowest BCUT2D eigenvalue weighted by molar-refractivity contribution is -0.286. The fourth-order valence-electron chi connectivity index (χ4n) is 2.58. The van der Waals surface area contributed by atoms with E-state index in [2.05, 4.69) is 14.8 Å². The Hall–Kier alpha value is -2.88. The minimum atomic E-state index is -3.76. The first-order valence-corrected chi connectivity index (χ1v) is 9.63. The van der Waals surface area contributed by atoms with E-state index in [0.29, 0.717) is 11.3 Å². The van der Waals surface area contributed by atoms with E-state index < -0.39 is 28.8 Å². The van der Waals surface area contributed by atoms with Crippen molar-refractivity contribution in [3.05, 3.63) is 48.0 Å². The molecule has 0 unspecified atom stereocenters. The molecule has 1 aliphatic heterocycles. The molecule has 3 rings (SSSR count). The summed E-state index contributed by atoms with van der Waals surface area (Å²) in [5, 5.41) is 2.47. The fraction of sp³-hybridized carbons (Fsp3) is 0.235.